The third-order valence-electron chi connectivity index (χ3n) is 6.69. The highest BCUT2D eigenvalue weighted by molar-refractivity contribution is 5.69. The van der Waals surface area contributed by atoms with Crippen LogP contribution in [0, 0.1) is 5.92 Å². The van der Waals surface area contributed by atoms with E-state index in [1.54, 1.807) is 0 Å². The minimum absolute atomic E-state index is 0.0558. The zero-order valence-corrected chi connectivity index (χ0v) is 22.2. The minimum atomic E-state index is -0.133. The number of esters is 2. The standard InChI is InChI=1S/C28H53NO5/c1-3-5-7-9-11-16-27(31)33-23-25(24-34-28(32)17-12-10-8-6-4-2)15-13-14-20-29(21-22-30)26-18-19-26/h25-26,30H,3-24H2,1-2H3. The number of unbranched alkanes of at least 4 members (excludes halogenated alkanes) is 9. The maximum atomic E-state index is 12.2. The number of rotatable bonds is 24. The van der Waals surface area contributed by atoms with Crippen molar-refractivity contribution in [1.82, 2.24) is 4.90 Å². The second-order valence-corrected chi connectivity index (χ2v) is 10.0. The summed E-state index contributed by atoms with van der Waals surface area (Å²) in [5.74, 6) is -0.210. The lowest BCUT2D eigenvalue weighted by molar-refractivity contribution is -0.149. The third-order valence-corrected chi connectivity index (χ3v) is 6.69. The maximum absolute atomic E-state index is 12.2. The summed E-state index contributed by atoms with van der Waals surface area (Å²) in [6, 6.07) is 0.652. The molecule has 0 aromatic rings. The van der Waals surface area contributed by atoms with Crippen molar-refractivity contribution in [3.05, 3.63) is 0 Å². The number of ether oxygens (including phenoxy) is 2. The topological polar surface area (TPSA) is 76.1 Å². The van der Waals surface area contributed by atoms with Gasteiger partial charge in [-0.1, -0.05) is 71.6 Å². The summed E-state index contributed by atoms with van der Waals surface area (Å²) in [6.07, 6.45) is 17.5. The van der Waals surface area contributed by atoms with E-state index in [2.05, 4.69) is 18.7 Å². The fourth-order valence-corrected chi connectivity index (χ4v) is 4.32. The molecule has 0 bridgehead atoms. The van der Waals surface area contributed by atoms with Crippen LogP contribution in [0.2, 0.25) is 0 Å². The molecular formula is C28H53NO5. The molecule has 1 aliphatic rings. The lowest BCUT2D eigenvalue weighted by Crippen LogP contribution is -2.30. The van der Waals surface area contributed by atoms with Crippen molar-refractivity contribution in [2.24, 2.45) is 5.92 Å². The monoisotopic (exact) mass is 483 g/mol. The zero-order chi connectivity index (χ0) is 24.9. The van der Waals surface area contributed by atoms with Gasteiger partial charge >= 0.3 is 11.9 Å². The van der Waals surface area contributed by atoms with Crippen LogP contribution >= 0.6 is 0 Å². The molecule has 0 aromatic heterocycles. The summed E-state index contributed by atoms with van der Waals surface area (Å²) >= 11 is 0. The highest BCUT2D eigenvalue weighted by Gasteiger charge is 2.28. The van der Waals surface area contributed by atoms with Crippen LogP contribution in [0.1, 0.15) is 123 Å². The van der Waals surface area contributed by atoms with Gasteiger partial charge in [-0.2, -0.15) is 0 Å². The molecule has 0 saturated heterocycles. The quantitative estimate of drug-likeness (QED) is 0.133. The molecule has 200 valence electrons. The highest BCUT2D eigenvalue weighted by atomic mass is 16.5. The maximum Gasteiger partial charge on any atom is 0.305 e. The van der Waals surface area contributed by atoms with E-state index in [0.29, 0.717) is 32.1 Å². The van der Waals surface area contributed by atoms with E-state index in [1.807, 2.05) is 0 Å². The molecule has 0 unspecified atom stereocenters. The lowest BCUT2D eigenvalue weighted by Gasteiger charge is -2.21. The molecule has 1 N–H and O–H groups in total. The largest absolute Gasteiger partial charge is 0.465 e. The SMILES string of the molecule is CCCCCCCC(=O)OCC(CCCCN(CCO)C1CC1)COC(=O)CCCCCCC. The van der Waals surface area contributed by atoms with Crippen molar-refractivity contribution in [3.8, 4) is 0 Å². The molecule has 0 heterocycles. The van der Waals surface area contributed by atoms with E-state index >= 15 is 0 Å². The van der Waals surface area contributed by atoms with Crippen LogP contribution in [0.3, 0.4) is 0 Å². The van der Waals surface area contributed by atoms with Crippen molar-refractivity contribution in [3.63, 3.8) is 0 Å². The first-order valence-corrected chi connectivity index (χ1v) is 14.3. The summed E-state index contributed by atoms with van der Waals surface area (Å²) in [5.41, 5.74) is 0. The molecule has 0 spiro atoms. The molecule has 1 rings (SSSR count). The Bertz CT molecular complexity index is 479. The van der Waals surface area contributed by atoms with Crippen molar-refractivity contribution in [2.45, 2.75) is 129 Å². The van der Waals surface area contributed by atoms with E-state index < -0.39 is 0 Å². The van der Waals surface area contributed by atoms with Gasteiger partial charge in [0.1, 0.15) is 0 Å². The molecular weight excluding hydrogens is 430 g/mol. The molecule has 0 radical (unpaired) electrons. The van der Waals surface area contributed by atoms with Crippen LogP contribution in [0.25, 0.3) is 0 Å². The Morgan fingerprint density at radius 3 is 1.76 bits per heavy atom. The number of hydrogen-bond donors (Lipinski definition) is 1. The van der Waals surface area contributed by atoms with E-state index in [9.17, 15) is 14.7 Å². The van der Waals surface area contributed by atoms with E-state index in [0.717, 1.165) is 58.0 Å². The fourth-order valence-electron chi connectivity index (χ4n) is 4.32. The van der Waals surface area contributed by atoms with Gasteiger partial charge in [0.15, 0.2) is 0 Å². The molecule has 0 atom stereocenters. The summed E-state index contributed by atoms with van der Waals surface area (Å²) < 4.78 is 11.1. The first kappa shape index (κ1) is 30.9. The predicted octanol–water partition coefficient (Wildman–Crippen LogP) is 6.04. The summed E-state index contributed by atoms with van der Waals surface area (Å²) in [5, 5.41) is 9.27. The summed E-state index contributed by atoms with van der Waals surface area (Å²) in [6.45, 7) is 6.99. The van der Waals surface area contributed by atoms with Crippen molar-refractivity contribution >= 4 is 11.9 Å². The van der Waals surface area contributed by atoms with Gasteiger partial charge in [-0.05, 0) is 45.1 Å². The molecule has 34 heavy (non-hydrogen) atoms. The molecule has 1 aliphatic carbocycles. The first-order chi connectivity index (χ1) is 16.6. The van der Waals surface area contributed by atoms with Crippen LogP contribution in [0.15, 0.2) is 0 Å². The van der Waals surface area contributed by atoms with E-state index in [-0.39, 0.29) is 24.5 Å². The zero-order valence-electron chi connectivity index (χ0n) is 22.2. The van der Waals surface area contributed by atoms with Crippen LogP contribution < -0.4 is 0 Å². The number of aliphatic hydroxyl groups excluding tert-OH is 1. The highest BCUT2D eigenvalue weighted by Crippen LogP contribution is 2.27. The van der Waals surface area contributed by atoms with Gasteiger partial charge in [0.25, 0.3) is 0 Å². The van der Waals surface area contributed by atoms with Gasteiger partial charge < -0.3 is 14.6 Å². The Hall–Kier alpha value is -1.14. The fraction of sp³-hybridized carbons (Fsp3) is 0.929. The number of nitrogens with zero attached hydrogens (tertiary/aromatic N) is 1. The summed E-state index contributed by atoms with van der Waals surface area (Å²) in [4.78, 5) is 26.7. The van der Waals surface area contributed by atoms with Gasteiger partial charge in [0.05, 0.1) is 19.8 Å². The van der Waals surface area contributed by atoms with E-state index in [1.165, 1.54) is 51.4 Å². The van der Waals surface area contributed by atoms with Crippen molar-refractivity contribution < 1.29 is 24.2 Å². The van der Waals surface area contributed by atoms with Crippen LogP contribution in [-0.4, -0.2) is 60.9 Å². The van der Waals surface area contributed by atoms with Gasteiger partial charge in [-0.15, -0.1) is 0 Å². The Balaban J connectivity index is 2.33. The molecule has 6 nitrogen and oxygen atoms in total. The number of aliphatic hydroxyl groups is 1. The average molecular weight is 484 g/mol. The molecule has 1 saturated carbocycles. The molecule has 1 fully saturated rings. The number of carbonyl (C=O) groups excluding carboxylic acids is 2. The second-order valence-electron chi connectivity index (χ2n) is 10.0. The van der Waals surface area contributed by atoms with Gasteiger partial charge in [0, 0.05) is 31.3 Å². The van der Waals surface area contributed by atoms with E-state index in [4.69, 9.17) is 9.47 Å². The molecule has 0 aromatic carbocycles. The normalized spacial score (nSPS) is 13.6. The minimum Gasteiger partial charge on any atom is -0.465 e. The first-order valence-electron chi connectivity index (χ1n) is 14.3. The second kappa shape index (κ2) is 21.2. The molecule has 6 heteroatoms. The average Bonchev–Trinajstić information content (AvgIpc) is 3.67. The Morgan fingerprint density at radius 2 is 1.29 bits per heavy atom. The third kappa shape index (κ3) is 17.3. The Kier molecular flexibility index (Phi) is 19.2. The number of hydrogen-bond acceptors (Lipinski definition) is 6. The van der Waals surface area contributed by atoms with Crippen LogP contribution in [0.4, 0.5) is 0 Å². The predicted molar refractivity (Wildman–Crippen MR) is 138 cm³/mol. The van der Waals surface area contributed by atoms with Gasteiger partial charge in [-0.3, -0.25) is 14.5 Å². The van der Waals surface area contributed by atoms with Crippen molar-refractivity contribution in [1.29, 1.82) is 0 Å². The smallest absolute Gasteiger partial charge is 0.305 e. The van der Waals surface area contributed by atoms with Gasteiger partial charge in [-0.25, -0.2) is 0 Å². The summed E-state index contributed by atoms with van der Waals surface area (Å²) in [7, 11) is 0. The van der Waals surface area contributed by atoms with Crippen LogP contribution in [-0.2, 0) is 19.1 Å². The van der Waals surface area contributed by atoms with Gasteiger partial charge in [0.2, 0.25) is 0 Å². The molecule has 0 amide bonds. The molecule has 0 aliphatic heterocycles. The number of carbonyl (C=O) groups is 2. The Morgan fingerprint density at radius 1 is 0.765 bits per heavy atom. The Labute approximate surface area is 209 Å². The van der Waals surface area contributed by atoms with Crippen molar-refractivity contribution in [2.75, 3.05) is 32.9 Å². The van der Waals surface area contributed by atoms with Crippen LogP contribution in [0.5, 0.6) is 0 Å². The lowest BCUT2D eigenvalue weighted by atomic mass is 10.0.